The Morgan fingerprint density at radius 1 is 0.926 bits per heavy atom. The van der Waals surface area contributed by atoms with E-state index in [2.05, 4.69) is 9.97 Å². The van der Waals surface area contributed by atoms with E-state index in [9.17, 15) is 18.0 Å². The van der Waals surface area contributed by atoms with Gasteiger partial charge in [-0.25, -0.2) is 23.1 Å². The van der Waals surface area contributed by atoms with Gasteiger partial charge >= 0.3 is 0 Å². The van der Waals surface area contributed by atoms with Gasteiger partial charge in [0.2, 0.25) is 0 Å². The van der Waals surface area contributed by atoms with Crippen LogP contribution in [0.3, 0.4) is 0 Å². The van der Waals surface area contributed by atoms with Gasteiger partial charge in [-0.05, 0) is 24.3 Å². The maximum atomic E-state index is 13.9. The average Bonchev–Trinajstić information content (AvgIpc) is 2.68. The molecule has 0 atom stereocenters. The Hall–Kier alpha value is -3.16. The summed E-state index contributed by atoms with van der Waals surface area (Å²) < 4.78 is 40.8. The molecule has 2 aromatic carbocycles. The van der Waals surface area contributed by atoms with E-state index in [1.807, 2.05) is 4.90 Å². The van der Waals surface area contributed by atoms with Gasteiger partial charge in [-0.15, -0.1) is 0 Å². The number of carbonyl (C=O) groups excluding carboxylic acids is 1. The molecular weight excluding hydrogens is 357 g/mol. The highest BCUT2D eigenvalue weighted by Crippen LogP contribution is 2.25. The summed E-state index contributed by atoms with van der Waals surface area (Å²) in [5.41, 5.74) is 0.0915. The first-order valence-corrected chi connectivity index (χ1v) is 8.43. The molecule has 2 heterocycles. The number of fused-ring (bicyclic) bond motifs is 1. The lowest BCUT2D eigenvalue weighted by atomic mass is 10.1. The van der Waals surface area contributed by atoms with Gasteiger partial charge < -0.3 is 9.80 Å². The van der Waals surface area contributed by atoms with E-state index in [1.165, 1.54) is 17.3 Å². The first-order chi connectivity index (χ1) is 13.0. The monoisotopic (exact) mass is 372 g/mol. The molecule has 8 heteroatoms. The normalized spacial score (nSPS) is 14.6. The molecule has 0 bridgehead atoms. The second-order valence-corrected chi connectivity index (χ2v) is 6.24. The number of halogens is 3. The SMILES string of the molecule is O=C(c1ccc(F)cc1F)N1CCN(c2ncnc3c(F)cccc23)CC1. The van der Waals surface area contributed by atoms with Gasteiger partial charge in [-0.1, -0.05) is 6.07 Å². The van der Waals surface area contributed by atoms with E-state index in [1.54, 1.807) is 12.1 Å². The van der Waals surface area contributed by atoms with E-state index >= 15 is 0 Å². The summed E-state index contributed by atoms with van der Waals surface area (Å²) in [5, 5.41) is 0.599. The number of nitrogens with zero attached hydrogens (tertiary/aromatic N) is 4. The molecule has 1 aliphatic heterocycles. The lowest BCUT2D eigenvalue weighted by Crippen LogP contribution is -2.49. The van der Waals surface area contributed by atoms with Crippen LogP contribution >= 0.6 is 0 Å². The minimum absolute atomic E-state index is 0.153. The summed E-state index contributed by atoms with van der Waals surface area (Å²) in [7, 11) is 0. The molecule has 1 fully saturated rings. The molecule has 27 heavy (non-hydrogen) atoms. The third kappa shape index (κ3) is 3.18. The largest absolute Gasteiger partial charge is 0.352 e. The van der Waals surface area contributed by atoms with Crippen LogP contribution in [0, 0.1) is 17.5 Å². The summed E-state index contributed by atoms with van der Waals surface area (Å²) in [6, 6.07) is 7.60. The minimum atomic E-state index is -0.875. The van der Waals surface area contributed by atoms with Crippen LogP contribution in [0.2, 0.25) is 0 Å². The van der Waals surface area contributed by atoms with Crippen molar-refractivity contribution in [1.29, 1.82) is 0 Å². The van der Waals surface area contributed by atoms with Gasteiger partial charge in [-0.2, -0.15) is 0 Å². The fourth-order valence-corrected chi connectivity index (χ4v) is 3.24. The zero-order valence-corrected chi connectivity index (χ0v) is 14.2. The molecule has 0 saturated carbocycles. The summed E-state index contributed by atoms with van der Waals surface area (Å²) in [6.07, 6.45) is 1.31. The Bertz CT molecular complexity index is 1020. The Morgan fingerprint density at radius 2 is 1.70 bits per heavy atom. The van der Waals surface area contributed by atoms with Crippen molar-refractivity contribution in [3.63, 3.8) is 0 Å². The third-order valence-electron chi connectivity index (χ3n) is 4.62. The van der Waals surface area contributed by atoms with E-state index in [-0.39, 0.29) is 11.1 Å². The number of para-hydroxylation sites is 1. The van der Waals surface area contributed by atoms with E-state index < -0.39 is 23.4 Å². The number of rotatable bonds is 2. The number of piperazine rings is 1. The van der Waals surface area contributed by atoms with Crippen molar-refractivity contribution < 1.29 is 18.0 Å². The van der Waals surface area contributed by atoms with Crippen molar-refractivity contribution in [1.82, 2.24) is 14.9 Å². The fraction of sp³-hybridized carbons (Fsp3) is 0.211. The minimum Gasteiger partial charge on any atom is -0.352 e. The Balaban J connectivity index is 1.53. The van der Waals surface area contributed by atoms with Crippen LogP contribution in [0.5, 0.6) is 0 Å². The van der Waals surface area contributed by atoms with E-state index in [0.29, 0.717) is 43.4 Å². The lowest BCUT2D eigenvalue weighted by molar-refractivity contribution is 0.0742. The van der Waals surface area contributed by atoms with Crippen LogP contribution in [0.4, 0.5) is 19.0 Å². The Labute approximate surface area is 153 Å². The molecule has 0 radical (unpaired) electrons. The zero-order chi connectivity index (χ0) is 19.0. The molecule has 0 aliphatic carbocycles. The number of hydrogen-bond donors (Lipinski definition) is 0. The predicted molar refractivity (Wildman–Crippen MR) is 94.0 cm³/mol. The highest BCUT2D eigenvalue weighted by Gasteiger charge is 2.26. The van der Waals surface area contributed by atoms with Crippen molar-refractivity contribution in [2.45, 2.75) is 0 Å². The van der Waals surface area contributed by atoms with Crippen LogP contribution < -0.4 is 4.90 Å². The van der Waals surface area contributed by atoms with Crippen molar-refractivity contribution in [3.05, 3.63) is 65.7 Å². The predicted octanol–water partition coefficient (Wildman–Crippen LogP) is 3.01. The molecule has 1 saturated heterocycles. The van der Waals surface area contributed by atoms with Gasteiger partial charge in [-0.3, -0.25) is 4.79 Å². The maximum Gasteiger partial charge on any atom is 0.256 e. The van der Waals surface area contributed by atoms with Gasteiger partial charge in [0.25, 0.3) is 5.91 Å². The lowest BCUT2D eigenvalue weighted by Gasteiger charge is -2.35. The van der Waals surface area contributed by atoms with Crippen molar-refractivity contribution in [2.24, 2.45) is 0 Å². The van der Waals surface area contributed by atoms with Crippen LogP contribution in [0.1, 0.15) is 10.4 Å². The molecule has 1 aromatic heterocycles. The quantitative estimate of drug-likeness (QED) is 0.694. The number of carbonyl (C=O) groups is 1. The number of hydrogen-bond acceptors (Lipinski definition) is 4. The number of aromatic nitrogens is 2. The van der Waals surface area contributed by atoms with E-state index in [4.69, 9.17) is 0 Å². The molecule has 0 N–H and O–H groups in total. The number of amides is 1. The number of benzene rings is 2. The molecule has 0 spiro atoms. The van der Waals surface area contributed by atoms with Gasteiger partial charge in [0.15, 0.2) is 0 Å². The molecule has 138 valence electrons. The third-order valence-corrected chi connectivity index (χ3v) is 4.62. The summed E-state index contributed by atoms with van der Waals surface area (Å²) in [5.74, 6) is -1.90. The molecule has 4 rings (SSSR count). The van der Waals surface area contributed by atoms with Gasteiger partial charge in [0, 0.05) is 37.6 Å². The number of anilines is 1. The first-order valence-electron chi connectivity index (χ1n) is 8.43. The van der Waals surface area contributed by atoms with Crippen LogP contribution in [0.15, 0.2) is 42.7 Å². The molecule has 1 aliphatic rings. The first kappa shape index (κ1) is 17.3. The van der Waals surface area contributed by atoms with Gasteiger partial charge in [0.1, 0.15) is 35.1 Å². The van der Waals surface area contributed by atoms with Crippen molar-refractivity contribution in [3.8, 4) is 0 Å². The molecular formula is C19H15F3N4O. The fourth-order valence-electron chi connectivity index (χ4n) is 3.24. The van der Waals surface area contributed by atoms with Gasteiger partial charge in [0.05, 0.1) is 5.56 Å². The standard InChI is InChI=1S/C19H15F3N4O/c20-12-4-5-13(16(22)10-12)19(27)26-8-6-25(7-9-26)18-14-2-1-3-15(21)17(14)23-11-24-18/h1-5,10-11H,6-9H2. The van der Waals surface area contributed by atoms with E-state index in [0.717, 1.165) is 12.1 Å². The topological polar surface area (TPSA) is 49.3 Å². The maximum absolute atomic E-state index is 13.9. The summed E-state index contributed by atoms with van der Waals surface area (Å²) >= 11 is 0. The van der Waals surface area contributed by atoms with Crippen LogP contribution in [0.25, 0.3) is 10.9 Å². The van der Waals surface area contributed by atoms with Crippen LogP contribution in [-0.4, -0.2) is 47.0 Å². The molecule has 0 unspecified atom stereocenters. The smallest absolute Gasteiger partial charge is 0.256 e. The van der Waals surface area contributed by atoms with Crippen molar-refractivity contribution >= 4 is 22.6 Å². The summed E-state index contributed by atoms with van der Waals surface area (Å²) in [4.78, 5) is 24.2. The highest BCUT2D eigenvalue weighted by atomic mass is 19.1. The van der Waals surface area contributed by atoms with Crippen LogP contribution in [-0.2, 0) is 0 Å². The Kier molecular flexibility index (Phi) is 4.39. The Morgan fingerprint density at radius 3 is 2.44 bits per heavy atom. The average molecular weight is 372 g/mol. The molecule has 5 nitrogen and oxygen atoms in total. The zero-order valence-electron chi connectivity index (χ0n) is 14.2. The molecule has 3 aromatic rings. The summed E-state index contributed by atoms with van der Waals surface area (Å²) in [6.45, 7) is 1.60. The second-order valence-electron chi connectivity index (χ2n) is 6.24. The molecule has 1 amide bonds. The highest BCUT2D eigenvalue weighted by molar-refractivity contribution is 5.95. The van der Waals surface area contributed by atoms with Crippen molar-refractivity contribution in [2.75, 3.05) is 31.1 Å². The second kappa shape index (κ2) is 6.86.